The maximum atomic E-state index is 12.4. The van der Waals surface area contributed by atoms with Crippen LogP contribution in [0.1, 0.15) is 28.5 Å². The Balaban J connectivity index is 1.63. The third-order valence-corrected chi connectivity index (χ3v) is 4.73. The number of hydrogen-bond acceptors (Lipinski definition) is 5. The van der Waals surface area contributed by atoms with Gasteiger partial charge in [0.15, 0.2) is 0 Å². The molecule has 0 radical (unpaired) electrons. The quantitative estimate of drug-likeness (QED) is 0.901. The molecular formula is C19H25N5O. The normalized spacial score (nSPS) is 15.2. The van der Waals surface area contributed by atoms with Gasteiger partial charge in [-0.3, -0.25) is 4.79 Å². The number of aromatic nitrogens is 2. The van der Waals surface area contributed by atoms with E-state index in [1.165, 1.54) is 11.9 Å². The minimum atomic E-state index is -0.168. The minimum Gasteiger partial charge on any atom is -0.354 e. The van der Waals surface area contributed by atoms with Gasteiger partial charge in [0.1, 0.15) is 17.8 Å². The van der Waals surface area contributed by atoms with E-state index in [1.54, 1.807) is 6.07 Å². The fourth-order valence-corrected chi connectivity index (χ4v) is 3.01. The third-order valence-electron chi connectivity index (χ3n) is 4.73. The summed E-state index contributed by atoms with van der Waals surface area (Å²) in [5, 5.41) is 2.95. The number of benzene rings is 1. The molecule has 0 aliphatic carbocycles. The van der Waals surface area contributed by atoms with Gasteiger partial charge in [-0.1, -0.05) is 31.2 Å². The van der Waals surface area contributed by atoms with Crippen molar-refractivity contribution in [3.05, 3.63) is 53.5 Å². The molecule has 1 aromatic carbocycles. The molecule has 1 aliphatic heterocycles. The highest BCUT2D eigenvalue weighted by atomic mass is 16.1. The summed E-state index contributed by atoms with van der Waals surface area (Å²) in [6.07, 6.45) is 1.48. The Bertz CT molecular complexity index is 725. The van der Waals surface area contributed by atoms with E-state index in [2.05, 4.69) is 32.0 Å². The molecule has 1 N–H and O–H groups in total. The van der Waals surface area contributed by atoms with Crippen LogP contribution in [0.4, 0.5) is 5.82 Å². The molecule has 0 bridgehead atoms. The van der Waals surface area contributed by atoms with Crippen molar-refractivity contribution in [1.82, 2.24) is 20.2 Å². The van der Waals surface area contributed by atoms with Crippen LogP contribution >= 0.6 is 0 Å². The maximum absolute atomic E-state index is 12.4. The Hall–Kier alpha value is -2.47. The van der Waals surface area contributed by atoms with Gasteiger partial charge in [-0.15, -0.1) is 0 Å². The van der Waals surface area contributed by atoms with Crippen molar-refractivity contribution in [3.8, 4) is 0 Å². The van der Waals surface area contributed by atoms with Crippen molar-refractivity contribution < 1.29 is 4.79 Å². The first-order valence-electron chi connectivity index (χ1n) is 8.79. The summed E-state index contributed by atoms with van der Waals surface area (Å²) in [5.74, 6) is 0.658. The molecule has 6 heteroatoms. The first kappa shape index (κ1) is 17.4. The number of nitrogens with one attached hydrogen (secondary N) is 1. The highest BCUT2D eigenvalue weighted by Gasteiger charge is 2.18. The Labute approximate surface area is 148 Å². The monoisotopic (exact) mass is 339 g/mol. The molecule has 3 rings (SSSR count). The molecule has 25 heavy (non-hydrogen) atoms. The minimum absolute atomic E-state index is 0.168. The van der Waals surface area contributed by atoms with Crippen molar-refractivity contribution in [1.29, 1.82) is 0 Å². The molecule has 2 aromatic rings. The summed E-state index contributed by atoms with van der Waals surface area (Å²) in [4.78, 5) is 25.5. The van der Waals surface area contributed by atoms with Gasteiger partial charge in [-0.05, 0) is 24.6 Å². The Morgan fingerprint density at radius 2 is 1.92 bits per heavy atom. The van der Waals surface area contributed by atoms with Crippen LogP contribution in [0.25, 0.3) is 0 Å². The van der Waals surface area contributed by atoms with Crippen LogP contribution in [0.2, 0.25) is 0 Å². The third kappa shape index (κ3) is 4.33. The summed E-state index contributed by atoms with van der Waals surface area (Å²) < 4.78 is 0. The number of nitrogens with zero attached hydrogens (tertiary/aromatic N) is 4. The second-order valence-corrected chi connectivity index (χ2v) is 6.29. The van der Waals surface area contributed by atoms with Crippen molar-refractivity contribution in [3.63, 3.8) is 0 Å². The standard InChI is InChI=1S/C19H25N5O/c1-3-23-8-10-24(11-9-23)18-12-17(21-14-22-18)19(25)20-13-16-7-5-4-6-15(16)2/h4-7,12,14H,3,8-11,13H2,1-2H3,(H,20,25). The molecule has 1 aromatic heterocycles. The van der Waals surface area contributed by atoms with Crippen molar-refractivity contribution in [2.24, 2.45) is 0 Å². The van der Waals surface area contributed by atoms with E-state index in [-0.39, 0.29) is 5.91 Å². The van der Waals surface area contributed by atoms with E-state index in [0.29, 0.717) is 12.2 Å². The predicted octanol–water partition coefficient (Wildman–Crippen LogP) is 1.86. The van der Waals surface area contributed by atoms with E-state index in [9.17, 15) is 4.79 Å². The fourth-order valence-electron chi connectivity index (χ4n) is 3.01. The molecule has 1 saturated heterocycles. The van der Waals surface area contributed by atoms with Crippen LogP contribution in [0.15, 0.2) is 36.7 Å². The lowest BCUT2D eigenvalue weighted by atomic mass is 10.1. The van der Waals surface area contributed by atoms with Crippen LogP contribution in [-0.2, 0) is 6.54 Å². The zero-order valence-corrected chi connectivity index (χ0v) is 14.9. The number of amides is 1. The van der Waals surface area contributed by atoms with Gasteiger partial charge in [0, 0.05) is 38.8 Å². The van der Waals surface area contributed by atoms with Crippen molar-refractivity contribution in [2.75, 3.05) is 37.6 Å². The maximum Gasteiger partial charge on any atom is 0.270 e. The van der Waals surface area contributed by atoms with Crippen molar-refractivity contribution in [2.45, 2.75) is 20.4 Å². The molecular weight excluding hydrogens is 314 g/mol. The smallest absolute Gasteiger partial charge is 0.270 e. The molecule has 1 fully saturated rings. The van der Waals surface area contributed by atoms with Crippen LogP contribution < -0.4 is 10.2 Å². The van der Waals surface area contributed by atoms with Gasteiger partial charge in [0.05, 0.1) is 0 Å². The largest absolute Gasteiger partial charge is 0.354 e. The highest BCUT2D eigenvalue weighted by Crippen LogP contribution is 2.14. The van der Waals surface area contributed by atoms with Gasteiger partial charge in [-0.25, -0.2) is 9.97 Å². The summed E-state index contributed by atoms with van der Waals surface area (Å²) in [7, 11) is 0. The zero-order chi connectivity index (χ0) is 17.6. The predicted molar refractivity (Wildman–Crippen MR) is 98.7 cm³/mol. The summed E-state index contributed by atoms with van der Waals surface area (Å²) >= 11 is 0. The van der Waals surface area contributed by atoms with E-state index in [1.807, 2.05) is 31.2 Å². The zero-order valence-electron chi connectivity index (χ0n) is 14.9. The Morgan fingerprint density at radius 1 is 1.16 bits per heavy atom. The average molecular weight is 339 g/mol. The molecule has 1 amide bonds. The Morgan fingerprint density at radius 3 is 2.64 bits per heavy atom. The SMILES string of the molecule is CCN1CCN(c2cc(C(=O)NCc3ccccc3C)ncn2)CC1. The lowest BCUT2D eigenvalue weighted by Crippen LogP contribution is -2.46. The lowest BCUT2D eigenvalue weighted by molar-refractivity contribution is 0.0945. The summed E-state index contributed by atoms with van der Waals surface area (Å²) in [6.45, 7) is 9.69. The van der Waals surface area contributed by atoms with Gasteiger partial charge in [0.25, 0.3) is 5.91 Å². The molecule has 132 valence electrons. The Kier molecular flexibility index (Phi) is 5.60. The van der Waals surface area contributed by atoms with Crippen LogP contribution in [0, 0.1) is 6.92 Å². The first-order chi connectivity index (χ1) is 12.2. The van der Waals surface area contributed by atoms with Crippen LogP contribution in [-0.4, -0.2) is 53.5 Å². The van der Waals surface area contributed by atoms with Crippen molar-refractivity contribution >= 4 is 11.7 Å². The second-order valence-electron chi connectivity index (χ2n) is 6.29. The molecule has 1 aliphatic rings. The number of likely N-dealkylation sites (N-methyl/N-ethyl adjacent to an activating group) is 1. The van der Waals surface area contributed by atoms with Gasteiger partial charge >= 0.3 is 0 Å². The number of carbonyl (C=O) groups excluding carboxylic acids is 1. The van der Waals surface area contributed by atoms with E-state index in [0.717, 1.165) is 44.1 Å². The number of carbonyl (C=O) groups is 1. The molecule has 0 atom stereocenters. The number of aryl methyl sites for hydroxylation is 1. The van der Waals surface area contributed by atoms with E-state index < -0.39 is 0 Å². The van der Waals surface area contributed by atoms with Gasteiger partial charge in [0.2, 0.25) is 0 Å². The number of anilines is 1. The van der Waals surface area contributed by atoms with Gasteiger partial charge < -0.3 is 15.1 Å². The fraction of sp³-hybridized carbons (Fsp3) is 0.421. The molecule has 2 heterocycles. The number of rotatable bonds is 5. The number of hydrogen-bond donors (Lipinski definition) is 1. The molecule has 0 unspecified atom stereocenters. The topological polar surface area (TPSA) is 61.4 Å². The average Bonchev–Trinajstić information content (AvgIpc) is 2.67. The second kappa shape index (κ2) is 8.07. The molecule has 0 spiro atoms. The highest BCUT2D eigenvalue weighted by molar-refractivity contribution is 5.92. The van der Waals surface area contributed by atoms with Gasteiger partial charge in [-0.2, -0.15) is 0 Å². The number of piperazine rings is 1. The summed E-state index contributed by atoms with van der Waals surface area (Å²) in [6, 6.07) is 9.83. The lowest BCUT2D eigenvalue weighted by Gasteiger charge is -2.34. The van der Waals surface area contributed by atoms with E-state index >= 15 is 0 Å². The van der Waals surface area contributed by atoms with Crippen LogP contribution in [0.5, 0.6) is 0 Å². The molecule has 6 nitrogen and oxygen atoms in total. The van der Waals surface area contributed by atoms with E-state index in [4.69, 9.17) is 0 Å². The first-order valence-corrected chi connectivity index (χ1v) is 8.79. The van der Waals surface area contributed by atoms with Crippen LogP contribution in [0.3, 0.4) is 0 Å². The molecule has 0 saturated carbocycles. The summed E-state index contributed by atoms with van der Waals surface area (Å²) in [5.41, 5.74) is 2.69.